The Labute approximate surface area is 53.3 Å². The molecule has 0 atom stereocenters. The van der Waals surface area contributed by atoms with Gasteiger partial charge < -0.3 is 1.43 Å². The Hall–Kier alpha value is -0.237. The molecule has 0 N–H and O–H groups in total. The third-order valence-corrected chi connectivity index (χ3v) is 2.34. The second-order valence-corrected chi connectivity index (χ2v) is 4.08. The van der Waals surface area contributed by atoms with Gasteiger partial charge in [0.15, 0.2) is 0 Å². The average Bonchev–Trinajstić information content (AvgIpc) is 1.69. The zero-order valence-electron chi connectivity index (χ0n) is 5.39. The van der Waals surface area contributed by atoms with Crippen LogP contribution in [-0.4, -0.2) is 16.5 Å². The minimum absolute atomic E-state index is 0. The zero-order chi connectivity index (χ0) is 5.11. The first kappa shape index (κ1) is 4.91. The quantitative estimate of drug-likeness (QED) is 0.453. The van der Waals surface area contributed by atoms with Gasteiger partial charge in [-0.2, -0.15) is 0 Å². The molecule has 0 radical (unpaired) electrons. The second-order valence-electron chi connectivity index (χ2n) is 1.65. The maximum absolute atomic E-state index is 2.17. The Morgan fingerprint density at radius 2 is 1.71 bits per heavy atom. The molecule has 0 aliphatic rings. The van der Waals surface area contributed by atoms with E-state index in [-0.39, 0.29) is 1.43 Å². The summed E-state index contributed by atoms with van der Waals surface area (Å²) in [6.07, 6.45) is 0. The summed E-state index contributed by atoms with van der Waals surface area (Å²) in [4.78, 5) is 0. The molecule has 1 aromatic rings. The van der Waals surface area contributed by atoms with E-state index in [0.717, 1.165) is 16.5 Å². The van der Waals surface area contributed by atoms with Crippen LogP contribution in [0.5, 0.6) is 0 Å². The molecule has 0 heterocycles. The molecule has 0 spiro atoms. The second kappa shape index (κ2) is 2.17. The third-order valence-electron chi connectivity index (χ3n) is 0.940. The van der Waals surface area contributed by atoms with Crippen molar-refractivity contribution in [2.24, 2.45) is 0 Å². The van der Waals surface area contributed by atoms with Gasteiger partial charge in [-0.15, -0.1) is 0 Å². The van der Waals surface area contributed by atoms with E-state index >= 15 is 0 Å². The van der Waals surface area contributed by atoms with E-state index in [2.05, 4.69) is 30.3 Å². The SMILES string of the molecule is [GeH3][c]1ccccc1.[H-]. The van der Waals surface area contributed by atoms with Crippen molar-refractivity contribution in [1.29, 1.82) is 0 Å². The fourth-order valence-electron chi connectivity index (χ4n) is 0.534. The largest absolute Gasteiger partial charge is 1.00 e. The van der Waals surface area contributed by atoms with Crippen molar-refractivity contribution in [2.75, 3.05) is 0 Å². The van der Waals surface area contributed by atoms with E-state index in [1.807, 2.05) is 0 Å². The van der Waals surface area contributed by atoms with E-state index in [1.54, 1.807) is 0 Å². The average molecular weight is 154 g/mol. The fraction of sp³-hybridized carbons (Fsp3) is 0. The smallest absolute Gasteiger partial charge is 1.00 e. The maximum atomic E-state index is 2.17. The van der Waals surface area contributed by atoms with E-state index in [4.69, 9.17) is 0 Å². The summed E-state index contributed by atoms with van der Waals surface area (Å²) in [5.41, 5.74) is 0. The van der Waals surface area contributed by atoms with Crippen molar-refractivity contribution in [3.8, 4) is 0 Å². The standard InChI is InChI=1S/C6H8Ge.H/c7-6-4-2-1-3-5-6;/h1-5H,7H3;/q;-1. The molecule has 1 aromatic carbocycles. The van der Waals surface area contributed by atoms with Crippen molar-refractivity contribution in [2.45, 2.75) is 0 Å². The molecular formula is C6H9Ge-. The van der Waals surface area contributed by atoms with Gasteiger partial charge in [0, 0.05) is 0 Å². The van der Waals surface area contributed by atoms with Crippen LogP contribution in [0.3, 0.4) is 0 Å². The predicted octanol–water partition coefficient (Wildman–Crippen LogP) is -0.210. The Morgan fingerprint density at radius 1 is 1.14 bits per heavy atom. The van der Waals surface area contributed by atoms with Crippen LogP contribution >= 0.6 is 0 Å². The molecule has 0 fully saturated rings. The summed E-state index contributed by atoms with van der Waals surface area (Å²) < 4.78 is 1.51. The Bertz CT molecular complexity index is 138. The first-order chi connectivity index (χ1) is 3.39. The number of hydrogen-bond acceptors (Lipinski definition) is 0. The predicted molar refractivity (Wildman–Crippen MR) is 37.1 cm³/mol. The Morgan fingerprint density at radius 3 is 2.00 bits per heavy atom. The minimum Gasteiger partial charge on any atom is -1.00 e. The number of rotatable bonds is 0. The van der Waals surface area contributed by atoms with Crippen LogP contribution in [-0.2, 0) is 0 Å². The first-order valence-electron chi connectivity index (χ1n) is 2.41. The summed E-state index contributed by atoms with van der Waals surface area (Å²) in [7, 11) is 0. The van der Waals surface area contributed by atoms with Gasteiger partial charge in [0.25, 0.3) is 0 Å². The minimum atomic E-state index is 0. The van der Waals surface area contributed by atoms with Gasteiger partial charge >= 0.3 is 51.2 Å². The summed E-state index contributed by atoms with van der Waals surface area (Å²) in [6.45, 7) is 0. The van der Waals surface area contributed by atoms with Crippen LogP contribution < -0.4 is 4.40 Å². The molecule has 0 saturated heterocycles. The van der Waals surface area contributed by atoms with Crippen LogP contribution in [0.2, 0.25) is 0 Å². The van der Waals surface area contributed by atoms with Crippen LogP contribution in [0.1, 0.15) is 1.43 Å². The van der Waals surface area contributed by atoms with E-state index in [0.29, 0.717) is 0 Å². The molecule has 0 aliphatic heterocycles. The molecule has 0 aliphatic carbocycles. The summed E-state index contributed by atoms with van der Waals surface area (Å²) in [5.74, 6) is 0. The van der Waals surface area contributed by atoms with Gasteiger partial charge in [-0.05, 0) is 0 Å². The molecule has 0 amide bonds. The normalized spacial score (nSPS) is 9.14. The Balaban J connectivity index is 0.000000490. The molecule has 38 valence electrons. The van der Waals surface area contributed by atoms with Gasteiger partial charge in [0.05, 0.1) is 0 Å². The van der Waals surface area contributed by atoms with E-state index in [9.17, 15) is 0 Å². The number of hydrogen-bond donors (Lipinski definition) is 0. The Kier molecular flexibility index (Phi) is 1.52. The van der Waals surface area contributed by atoms with Crippen LogP contribution in [0.4, 0.5) is 0 Å². The fourth-order valence-corrected chi connectivity index (χ4v) is 1.34. The van der Waals surface area contributed by atoms with Gasteiger partial charge in [0.2, 0.25) is 0 Å². The van der Waals surface area contributed by atoms with Crippen LogP contribution in [0, 0.1) is 0 Å². The van der Waals surface area contributed by atoms with Gasteiger partial charge in [-0.25, -0.2) is 0 Å². The van der Waals surface area contributed by atoms with Crippen molar-refractivity contribution < 1.29 is 1.43 Å². The third kappa shape index (κ3) is 1.35. The summed E-state index contributed by atoms with van der Waals surface area (Å²) in [6, 6.07) is 10.6. The molecule has 0 nitrogen and oxygen atoms in total. The van der Waals surface area contributed by atoms with Crippen molar-refractivity contribution in [3.05, 3.63) is 30.3 Å². The summed E-state index contributed by atoms with van der Waals surface area (Å²) in [5, 5.41) is 0. The summed E-state index contributed by atoms with van der Waals surface area (Å²) >= 11 is 0.855. The van der Waals surface area contributed by atoms with Gasteiger partial charge in [-0.1, -0.05) is 0 Å². The van der Waals surface area contributed by atoms with Crippen LogP contribution in [0.25, 0.3) is 0 Å². The van der Waals surface area contributed by atoms with Crippen molar-refractivity contribution >= 4 is 20.9 Å². The molecule has 1 heteroatoms. The topological polar surface area (TPSA) is 0 Å². The van der Waals surface area contributed by atoms with Gasteiger partial charge in [-0.3, -0.25) is 0 Å². The molecule has 7 heavy (non-hydrogen) atoms. The molecular weight excluding hydrogens is 145 g/mol. The monoisotopic (exact) mass is 155 g/mol. The molecule has 1 rings (SSSR count). The number of benzene rings is 1. The van der Waals surface area contributed by atoms with E-state index < -0.39 is 0 Å². The van der Waals surface area contributed by atoms with E-state index in [1.165, 1.54) is 4.40 Å². The van der Waals surface area contributed by atoms with Gasteiger partial charge in [0.1, 0.15) is 0 Å². The molecule has 0 bridgehead atoms. The molecule has 0 aromatic heterocycles. The maximum Gasteiger partial charge on any atom is -1.00 e. The first-order valence-corrected chi connectivity index (χ1v) is 4.51. The zero-order valence-corrected chi connectivity index (χ0v) is 8.58. The van der Waals surface area contributed by atoms with Crippen molar-refractivity contribution in [3.63, 3.8) is 0 Å². The van der Waals surface area contributed by atoms with Crippen molar-refractivity contribution in [1.82, 2.24) is 0 Å². The molecule has 0 unspecified atom stereocenters. The molecule has 0 saturated carbocycles. The van der Waals surface area contributed by atoms with Crippen LogP contribution in [0.15, 0.2) is 30.3 Å².